The molecule has 0 aliphatic carbocycles. The number of aryl methyl sites for hydroxylation is 1. The fourth-order valence-corrected chi connectivity index (χ4v) is 1.62. The monoisotopic (exact) mass is 201 g/mol. The van der Waals surface area contributed by atoms with E-state index in [2.05, 4.69) is 18.1 Å². The van der Waals surface area contributed by atoms with Crippen molar-refractivity contribution in [3.05, 3.63) is 47.8 Å². The molecule has 3 nitrogen and oxygen atoms in total. The summed E-state index contributed by atoms with van der Waals surface area (Å²) in [7, 11) is 0. The number of para-hydroxylation sites is 1. The zero-order valence-corrected chi connectivity index (χ0v) is 8.85. The largest absolute Gasteiger partial charge is 0.325 e. The van der Waals surface area contributed by atoms with Crippen molar-refractivity contribution < 1.29 is 0 Å². The van der Waals surface area contributed by atoms with Gasteiger partial charge in [0.1, 0.15) is 0 Å². The van der Waals surface area contributed by atoms with Gasteiger partial charge in [0.2, 0.25) is 0 Å². The maximum absolute atomic E-state index is 5.59. The van der Waals surface area contributed by atoms with Crippen molar-refractivity contribution in [2.45, 2.75) is 19.9 Å². The van der Waals surface area contributed by atoms with Crippen LogP contribution in [0.3, 0.4) is 0 Å². The second-order valence-corrected chi connectivity index (χ2v) is 3.43. The van der Waals surface area contributed by atoms with Gasteiger partial charge in [-0.05, 0) is 24.6 Å². The lowest BCUT2D eigenvalue weighted by molar-refractivity contribution is 0.790. The molecular weight excluding hydrogens is 186 g/mol. The van der Waals surface area contributed by atoms with Crippen LogP contribution in [0.15, 0.2) is 36.4 Å². The molecule has 0 aliphatic rings. The second kappa shape index (κ2) is 4.28. The third-order valence-electron chi connectivity index (χ3n) is 2.41. The summed E-state index contributed by atoms with van der Waals surface area (Å²) in [5.41, 5.74) is 8.82. The van der Waals surface area contributed by atoms with E-state index in [1.165, 1.54) is 5.69 Å². The van der Waals surface area contributed by atoms with Gasteiger partial charge in [0.25, 0.3) is 0 Å². The molecule has 0 atom stereocenters. The molecule has 0 saturated carbocycles. The Morgan fingerprint density at radius 1 is 1.27 bits per heavy atom. The molecule has 0 spiro atoms. The molecule has 15 heavy (non-hydrogen) atoms. The second-order valence-electron chi connectivity index (χ2n) is 3.43. The summed E-state index contributed by atoms with van der Waals surface area (Å²) in [6, 6.07) is 12.2. The molecule has 2 aromatic rings. The predicted octanol–water partition coefficient (Wildman–Crippen LogP) is 1.89. The SMILES string of the molecule is CCc1cc(CN)nn1-c1ccccc1. The molecule has 0 aliphatic heterocycles. The molecule has 1 aromatic carbocycles. The predicted molar refractivity (Wildman–Crippen MR) is 60.8 cm³/mol. The van der Waals surface area contributed by atoms with Crippen molar-refractivity contribution in [2.24, 2.45) is 5.73 Å². The van der Waals surface area contributed by atoms with Gasteiger partial charge in [-0.2, -0.15) is 5.10 Å². The zero-order valence-electron chi connectivity index (χ0n) is 8.85. The number of nitrogens with zero attached hydrogens (tertiary/aromatic N) is 2. The van der Waals surface area contributed by atoms with Crippen LogP contribution in [0.1, 0.15) is 18.3 Å². The van der Waals surface area contributed by atoms with Gasteiger partial charge < -0.3 is 5.73 Å². The number of hydrogen-bond acceptors (Lipinski definition) is 2. The van der Waals surface area contributed by atoms with Crippen molar-refractivity contribution >= 4 is 0 Å². The van der Waals surface area contributed by atoms with Gasteiger partial charge in [0, 0.05) is 12.2 Å². The Hall–Kier alpha value is -1.61. The van der Waals surface area contributed by atoms with E-state index in [0.29, 0.717) is 6.54 Å². The molecule has 0 saturated heterocycles. The quantitative estimate of drug-likeness (QED) is 0.824. The fourth-order valence-electron chi connectivity index (χ4n) is 1.62. The molecule has 1 aromatic heterocycles. The van der Waals surface area contributed by atoms with Gasteiger partial charge in [-0.15, -0.1) is 0 Å². The summed E-state index contributed by atoms with van der Waals surface area (Å²) in [6.07, 6.45) is 0.960. The van der Waals surface area contributed by atoms with E-state index >= 15 is 0 Å². The first-order valence-corrected chi connectivity index (χ1v) is 5.18. The Morgan fingerprint density at radius 2 is 2.00 bits per heavy atom. The fraction of sp³-hybridized carbons (Fsp3) is 0.250. The number of benzene rings is 1. The highest BCUT2D eigenvalue weighted by Crippen LogP contribution is 2.12. The highest BCUT2D eigenvalue weighted by molar-refractivity contribution is 5.33. The maximum Gasteiger partial charge on any atom is 0.0767 e. The van der Waals surface area contributed by atoms with Crippen LogP contribution in [-0.4, -0.2) is 9.78 Å². The van der Waals surface area contributed by atoms with E-state index in [9.17, 15) is 0 Å². The van der Waals surface area contributed by atoms with Crippen LogP contribution in [0, 0.1) is 0 Å². The smallest absolute Gasteiger partial charge is 0.0767 e. The molecule has 2 N–H and O–H groups in total. The Bertz CT molecular complexity index is 431. The Balaban J connectivity index is 2.47. The van der Waals surface area contributed by atoms with E-state index in [1.807, 2.05) is 35.0 Å². The van der Waals surface area contributed by atoms with E-state index in [-0.39, 0.29) is 0 Å². The van der Waals surface area contributed by atoms with Gasteiger partial charge >= 0.3 is 0 Å². The third-order valence-corrected chi connectivity index (χ3v) is 2.41. The topological polar surface area (TPSA) is 43.8 Å². The molecule has 2 rings (SSSR count). The first-order chi connectivity index (χ1) is 7.35. The van der Waals surface area contributed by atoms with Crippen molar-refractivity contribution in [2.75, 3.05) is 0 Å². The third kappa shape index (κ3) is 1.92. The number of hydrogen-bond donors (Lipinski definition) is 1. The van der Waals surface area contributed by atoms with Crippen molar-refractivity contribution in [1.82, 2.24) is 9.78 Å². The minimum atomic E-state index is 0.493. The maximum atomic E-state index is 5.59. The van der Waals surface area contributed by atoms with Crippen LogP contribution in [0.25, 0.3) is 5.69 Å². The van der Waals surface area contributed by atoms with Gasteiger partial charge in [0.15, 0.2) is 0 Å². The molecule has 0 fully saturated rings. The zero-order chi connectivity index (χ0) is 10.7. The highest BCUT2D eigenvalue weighted by atomic mass is 15.3. The summed E-state index contributed by atoms with van der Waals surface area (Å²) in [5, 5.41) is 4.46. The first kappa shape index (κ1) is 9.93. The molecule has 3 heteroatoms. The van der Waals surface area contributed by atoms with Crippen molar-refractivity contribution in [3.63, 3.8) is 0 Å². The van der Waals surface area contributed by atoms with Crippen molar-refractivity contribution in [3.8, 4) is 5.69 Å². The van der Waals surface area contributed by atoms with Gasteiger partial charge in [-0.3, -0.25) is 0 Å². The number of aromatic nitrogens is 2. The first-order valence-electron chi connectivity index (χ1n) is 5.18. The van der Waals surface area contributed by atoms with E-state index in [4.69, 9.17) is 5.73 Å². The summed E-state index contributed by atoms with van der Waals surface area (Å²) in [4.78, 5) is 0. The Labute approximate surface area is 89.5 Å². The molecule has 0 radical (unpaired) electrons. The normalized spacial score (nSPS) is 10.5. The molecule has 1 heterocycles. The summed E-state index contributed by atoms with van der Waals surface area (Å²) < 4.78 is 1.96. The lowest BCUT2D eigenvalue weighted by atomic mass is 10.2. The molecule has 78 valence electrons. The highest BCUT2D eigenvalue weighted by Gasteiger charge is 2.06. The summed E-state index contributed by atoms with van der Waals surface area (Å²) in [6.45, 7) is 2.61. The lowest BCUT2D eigenvalue weighted by Crippen LogP contribution is -2.02. The van der Waals surface area contributed by atoms with Crippen LogP contribution in [0.2, 0.25) is 0 Å². The molecular formula is C12H15N3. The van der Waals surface area contributed by atoms with Crippen LogP contribution < -0.4 is 5.73 Å². The molecule has 0 amide bonds. The minimum absolute atomic E-state index is 0.493. The van der Waals surface area contributed by atoms with Gasteiger partial charge in [-0.1, -0.05) is 25.1 Å². The minimum Gasteiger partial charge on any atom is -0.325 e. The standard InChI is InChI=1S/C12H15N3/c1-2-11-8-10(9-13)14-15(11)12-6-4-3-5-7-12/h3-8H,2,9,13H2,1H3. The summed E-state index contributed by atoms with van der Waals surface area (Å²) in [5.74, 6) is 0. The number of rotatable bonds is 3. The lowest BCUT2D eigenvalue weighted by Gasteiger charge is -2.04. The van der Waals surface area contributed by atoms with Gasteiger partial charge in [0.05, 0.1) is 11.4 Å². The number of nitrogens with two attached hydrogens (primary N) is 1. The summed E-state index contributed by atoms with van der Waals surface area (Å²) >= 11 is 0. The van der Waals surface area contributed by atoms with Crippen LogP contribution >= 0.6 is 0 Å². The Morgan fingerprint density at radius 3 is 2.60 bits per heavy atom. The Kier molecular flexibility index (Phi) is 2.83. The molecule has 0 bridgehead atoms. The van der Waals surface area contributed by atoms with Crippen molar-refractivity contribution in [1.29, 1.82) is 0 Å². The molecule has 0 unspecified atom stereocenters. The van der Waals surface area contributed by atoms with Crippen LogP contribution in [-0.2, 0) is 13.0 Å². The van der Waals surface area contributed by atoms with Gasteiger partial charge in [-0.25, -0.2) is 4.68 Å². The average molecular weight is 201 g/mol. The van der Waals surface area contributed by atoms with E-state index < -0.39 is 0 Å². The van der Waals surface area contributed by atoms with E-state index in [0.717, 1.165) is 17.8 Å². The average Bonchev–Trinajstić information content (AvgIpc) is 2.73. The van der Waals surface area contributed by atoms with Crippen LogP contribution in [0.4, 0.5) is 0 Å². The van der Waals surface area contributed by atoms with Crippen LogP contribution in [0.5, 0.6) is 0 Å². The van der Waals surface area contributed by atoms with E-state index in [1.54, 1.807) is 0 Å².